The summed E-state index contributed by atoms with van der Waals surface area (Å²) in [5.41, 5.74) is 0.784. The minimum absolute atomic E-state index is 0.0986. The van der Waals surface area contributed by atoms with Crippen molar-refractivity contribution in [2.24, 2.45) is 0 Å². The predicted molar refractivity (Wildman–Crippen MR) is 104 cm³/mol. The number of nitrogens with one attached hydrogen (secondary N) is 2. The van der Waals surface area contributed by atoms with E-state index in [1.807, 2.05) is 50.2 Å². The van der Waals surface area contributed by atoms with Gasteiger partial charge in [0.25, 0.3) is 5.56 Å². The molecule has 0 fully saturated rings. The van der Waals surface area contributed by atoms with E-state index >= 15 is 0 Å². The molecule has 2 N–H and O–H groups in total. The summed E-state index contributed by atoms with van der Waals surface area (Å²) in [5.74, 6) is -0.247. The van der Waals surface area contributed by atoms with Crippen LogP contribution in [0.4, 0.5) is 0 Å². The van der Waals surface area contributed by atoms with E-state index in [4.69, 9.17) is 12.2 Å². The van der Waals surface area contributed by atoms with E-state index in [0.29, 0.717) is 5.39 Å². The molecule has 0 radical (unpaired) electrons. The molecule has 0 spiro atoms. The average Bonchev–Trinajstić information content (AvgIpc) is 3.02. The van der Waals surface area contributed by atoms with Crippen molar-refractivity contribution in [2.45, 2.75) is 32.9 Å². The molecule has 1 amide bonds. The van der Waals surface area contributed by atoms with E-state index < -0.39 is 0 Å². The number of hydrogen-bond donors (Lipinski definition) is 2. The Bertz CT molecular complexity index is 1020. The number of fused-ring (bicyclic) bond motifs is 1. The van der Waals surface area contributed by atoms with Gasteiger partial charge < -0.3 is 10.3 Å². The molecule has 0 saturated heterocycles. The number of nitrogens with zero attached hydrogens (tertiary/aromatic N) is 1. The number of benzene rings is 1. The van der Waals surface area contributed by atoms with Crippen LogP contribution in [-0.4, -0.2) is 15.5 Å². The van der Waals surface area contributed by atoms with Crippen LogP contribution >= 0.6 is 23.6 Å². The van der Waals surface area contributed by atoms with Gasteiger partial charge in [0.15, 0.2) is 4.77 Å². The molecule has 0 bridgehead atoms. The maximum atomic E-state index is 12.7. The topological polar surface area (TPSA) is 66.9 Å². The van der Waals surface area contributed by atoms with Gasteiger partial charge in [-0.05, 0) is 37.2 Å². The van der Waals surface area contributed by atoms with E-state index in [1.54, 1.807) is 0 Å². The van der Waals surface area contributed by atoms with E-state index in [-0.39, 0.29) is 28.8 Å². The van der Waals surface area contributed by atoms with Crippen molar-refractivity contribution in [3.8, 4) is 0 Å². The summed E-state index contributed by atoms with van der Waals surface area (Å²) in [4.78, 5) is 30.0. The van der Waals surface area contributed by atoms with Crippen molar-refractivity contribution in [1.29, 1.82) is 0 Å². The lowest BCUT2D eigenvalue weighted by atomic mass is 10.1. The molecule has 0 aliphatic heterocycles. The zero-order valence-electron chi connectivity index (χ0n) is 14.0. The first kappa shape index (κ1) is 17.6. The lowest BCUT2D eigenvalue weighted by molar-refractivity contribution is -0.122. The van der Waals surface area contributed by atoms with E-state index in [1.165, 1.54) is 15.9 Å². The summed E-state index contributed by atoms with van der Waals surface area (Å²) >= 11 is 6.80. The fourth-order valence-electron chi connectivity index (χ4n) is 2.67. The Balaban J connectivity index is 1.84. The Hall–Kier alpha value is -2.25. The van der Waals surface area contributed by atoms with Crippen molar-refractivity contribution in [3.05, 3.63) is 62.0 Å². The third kappa shape index (κ3) is 3.72. The lowest BCUT2D eigenvalue weighted by Gasteiger charge is -2.15. The highest BCUT2D eigenvalue weighted by Gasteiger charge is 2.14. The minimum atomic E-state index is -0.247. The van der Waals surface area contributed by atoms with Crippen LogP contribution in [0.2, 0.25) is 0 Å². The highest BCUT2D eigenvalue weighted by Crippen LogP contribution is 2.21. The summed E-state index contributed by atoms with van der Waals surface area (Å²) in [6.45, 7) is 3.85. The second kappa shape index (κ2) is 7.33. The molecular formula is C18H19N3O2S2. The van der Waals surface area contributed by atoms with E-state index in [0.717, 1.165) is 21.7 Å². The number of carbonyl (C=O) groups is 1. The van der Waals surface area contributed by atoms with Gasteiger partial charge in [-0.15, -0.1) is 11.3 Å². The number of aromatic amines is 1. The molecule has 7 heteroatoms. The van der Waals surface area contributed by atoms with Crippen LogP contribution in [0.15, 0.2) is 41.2 Å². The van der Waals surface area contributed by atoms with Crippen molar-refractivity contribution in [1.82, 2.24) is 14.9 Å². The maximum absolute atomic E-state index is 12.7. The summed E-state index contributed by atoms with van der Waals surface area (Å²) in [7, 11) is 0. The number of carbonyl (C=O) groups excluding carboxylic acids is 1. The maximum Gasteiger partial charge on any atom is 0.263 e. The molecule has 2 heterocycles. The van der Waals surface area contributed by atoms with Crippen LogP contribution in [0.5, 0.6) is 0 Å². The van der Waals surface area contributed by atoms with Crippen LogP contribution < -0.4 is 10.9 Å². The normalized spacial score (nSPS) is 12.2. The average molecular weight is 374 g/mol. The van der Waals surface area contributed by atoms with Gasteiger partial charge in [-0.3, -0.25) is 14.2 Å². The summed E-state index contributed by atoms with van der Waals surface area (Å²) < 4.78 is 1.58. The second-order valence-corrected chi connectivity index (χ2v) is 7.35. The van der Waals surface area contributed by atoms with Crippen LogP contribution in [0, 0.1) is 4.77 Å². The van der Waals surface area contributed by atoms with Gasteiger partial charge in [0.05, 0.1) is 11.4 Å². The zero-order valence-corrected chi connectivity index (χ0v) is 15.7. The summed E-state index contributed by atoms with van der Waals surface area (Å²) in [6.07, 6.45) is 0.856. The fourth-order valence-corrected chi connectivity index (χ4v) is 3.97. The minimum Gasteiger partial charge on any atom is -0.348 e. The molecule has 1 unspecified atom stereocenters. The highest BCUT2D eigenvalue weighted by molar-refractivity contribution is 7.71. The fraction of sp³-hybridized carbons (Fsp3) is 0.278. The molecule has 3 rings (SSSR count). The van der Waals surface area contributed by atoms with Crippen molar-refractivity contribution >= 4 is 39.7 Å². The Morgan fingerprint density at radius 3 is 2.76 bits per heavy atom. The first-order valence-electron chi connectivity index (χ1n) is 8.09. The molecule has 130 valence electrons. The summed E-state index contributed by atoms with van der Waals surface area (Å²) in [5, 5.41) is 3.49. The summed E-state index contributed by atoms with van der Waals surface area (Å²) in [6, 6.07) is 11.4. The van der Waals surface area contributed by atoms with Gasteiger partial charge >= 0.3 is 0 Å². The quantitative estimate of drug-likeness (QED) is 0.672. The first-order chi connectivity index (χ1) is 12.0. The number of amides is 1. The molecule has 1 aromatic carbocycles. The van der Waals surface area contributed by atoms with Gasteiger partial charge in [0.2, 0.25) is 5.91 Å². The van der Waals surface area contributed by atoms with Crippen LogP contribution in [0.1, 0.15) is 30.3 Å². The van der Waals surface area contributed by atoms with Gasteiger partial charge in [-0.2, -0.15) is 0 Å². The first-order valence-corrected chi connectivity index (χ1v) is 9.32. The predicted octanol–water partition coefficient (Wildman–Crippen LogP) is 3.56. The van der Waals surface area contributed by atoms with Crippen LogP contribution in [0.25, 0.3) is 10.2 Å². The molecule has 3 aromatic rings. The van der Waals surface area contributed by atoms with E-state index in [9.17, 15) is 9.59 Å². The van der Waals surface area contributed by atoms with Gasteiger partial charge in [-0.25, -0.2) is 0 Å². The second-order valence-electron chi connectivity index (χ2n) is 5.83. The number of H-pyrrole nitrogens is 1. The van der Waals surface area contributed by atoms with Crippen LogP contribution in [-0.2, 0) is 17.8 Å². The number of aryl methyl sites for hydroxylation is 1. The zero-order chi connectivity index (χ0) is 18.0. The van der Waals surface area contributed by atoms with Gasteiger partial charge in [0.1, 0.15) is 11.4 Å². The molecule has 0 aliphatic rings. The Labute approximate surface area is 154 Å². The van der Waals surface area contributed by atoms with Crippen molar-refractivity contribution < 1.29 is 4.79 Å². The SMILES string of the molecule is CCc1cc2c(=O)n(CC(=O)NC(C)c3ccccc3)c(=S)[nH]c2s1. The molecular weight excluding hydrogens is 354 g/mol. The Morgan fingerprint density at radius 2 is 2.08 bits per heavy atom. The Kier molecular flexibility index (Phi) is 5.15. The number of aromatic nitrogens is 2. The smallest absolute Gasteiger partial charge is 0.263 e. The van der Waals surface area contributed by atoms with Gasteiger partial charge in [-0.1, -0.05) is 37.3 Å². The lowest BCUT2D eigenvalue weighted by Crippen LogP contribution is -2.34. The molecule has 25 heavy (non-hydrogen) atoms. The number of thiophene rings is 1. The van der Waals surface area contributed by atoms with E-state index in [2.05, 4.69) is 10.3 Å². The monoisotopic (exact) mass is 373 g/mol. The van der Waals surface area contributed by atoms with Crippen molar-refractivity contribution in [3.63, 3.8) is 0 Å². The largest absolute Gasteiger partial charge is 0.348 e. The standard InChI is InChI=1S/C18H19N3O2S2/c1-3-13-9-14-16(25-13)20-18(24)21(17(14)23)10-15(22)19-11(2)12-7-5-4-6-8-12/h4-9,11H,3,10H2,1-2H3,(H,19,22)(H,20,24). The molecule has 0 aliphatic carbocycles. The third-order valence-electron chi connectivity index (χ3n) is 4.05. The number of hydrogen-bond acceptors (Lipinski definition) is 4. The third-order valence-corrected chi connectivity index (χ3v) is 5.57. The number of rotatable bonds is 5. The van der Waals surface area contributed by atoms with Gasteiger partial charge in [0, 0.05) is 4.88 Å². The van der Waals surface area contributed by atoms with Crippen LogP contribution in [0.3, 0.4) is 0 Å². The van der Waals surface area contributed by atoms with Crippen molar-refractivity contribution in [2.75, 3.05) is 0 Å². The molecule has 5 nitrogen and oxygen atoms in total. The Morgan fingerprint density at radius 1 is 1.36 bits per heavy atom. The molecule has 1 atom stereocenters. The molecule has 2 aromatic heterocycles. The highest BCUT2D eigenvalue weighted by atomic mass is 32.1. The molecule has 0 saturated carbocycles.